The number of fused-ring (bicyclic) bond motifs is 4. The molecule has 4 aromatic rings. The third-order valence-corrected chi connectivity index (χ3v) is 10.5. The SMILES string of the molecule is CN(C)c1cccc2c(S(=O)(=O)NCCCn3nc(C(=O)NC4C[C@@H]5CCC[C@@H](C4)N5C)c4ccccc43)cccc12. The molecule has 0 aliphatic carbocycles. The van der Waals surface area contributed by atoms with Gasteiger partial charge < -0.3 is 15.1 Å². The van der Waals surface area contributed by atoms with Crippen molar-refractivity contribution in [3.05, 3.63) is 66.4 Å². The number of aryl methyl sites for hydroxylation is 1. The Labute approximate surface area is 247 Å². The molecule has 0 unspecified atom stereocenters. The topological polar surface area (TPSA) is 99.6 Å². The first kappa shape index (κ1) is 28.6. The van der Waals surface area contributed by atoms with E-state index in [1.807, 2.05) is 72.2 Å². The first-order valence-corrected chi connectivity index (χ1v) is 16.4. The summed E-state index contributed by atoms with van der Waals surface area (Å²) in [5.41, 5.74) is 2.27. The van der Waals surface area contributed by atoms with Crippen LogP contribution in [-0.4, -0.2) is 74.8 Å². The van der Waals surface area contributed by atoms with Crippen LogP contribution in [-0.2, 0) is 16.6 Å². The van der Waals surface area contributed by atoms with E-state index in [2.05, 4.69) is 22.0 Å². The standard InChI is InChI=1S/C32H40N6O3S/c1-36(2)28-16-7-14-26-25(28)13-8-17-30(26)42(40,41)33-18-9-19-38-29-15-5-4-12-27(29)31(35-38)32(39)34-22-20-23-10-6-11-24(21-22)37(23)3/h4-5,7-8,12-17,22-24,33H,6,9-11,18-21H2,1-3H3,(H,34,39)/t23-,24-/m0/s1. The Morgan fingerprint density at radius 1 is 0.952 bits per heavy atom. The third-order valence-electron chi connectivity index (χ3n) is 9.02. The number of benzene rings is 3. The minimum Gasteiger partial charge on any atom is -0.377 e. The first-order chi connectivity index (χ1) is 20.2. The van der Waals surface area contributed by atoms with Gasteiger partial charge in [-0.05, 0) is 57.4 Å². The number of hydrogen-bond donors (Lipinski definition) is 2. The summed E-state index contributed by atoms with van der Waals surface area (Å²) >= 11 is 0. The van der Waals surface area contributed by atoms with Gasteiger partial charge in [-0.25, -0.2) is 13.1 Å². The average molecular weight is 589 g/mol. The molecule has 6 rings (SSSR count). The quantitative estimate of drug-likeness (QED) is 0.282. The van der Waals surface area contributed by atoms with Gasteiger partial charge in [-0.15, -0.1) is 0 Å². The van der Waals surface area contributed by atoms with Crippen LogP contribution in [0.5, 0.6) is 0 Å². The minimum absolute atomic E-state index is 0.133. The predicted octanol–water partition coefficient (Wildman–Crippen LogP) is 4.37. The van der Waals surface area contributed by atoms with Gasteiger partial charge in [-0.2, -0.15) is 5.10 Å². The summed E-state index contributed by atoms with van der Waals surface area (Å²) in [6.45, 7) is 0.731. The molecule has 2 fully saturated rings. The average Bonchev–Trinajstić information content (AvgIpc) is 3.34. The van der Waals surface area contributed by atoms with Crippen molar-refractivity contribution in [2.24, 2.45) is 0 Å². The van der Waals surface area contributed by atoms with Gasteiger partial charge >= 0.3 is 0 Å². The molecule has 0 spiro atoms. The summed E-state index contributed by atoms with van der Waals surface area (Å²) in [5, 5.41) is 10.4. The highest BCUT2D eigenvalue weighted by molar-refractivity contribution is 7.89. The van der Waals surface area contributed by atoms with Crippen LogP contribution in [0, 0.1) is 0 Å². The van der Waals surface area contributed by atoms with Crippen LogP contribution in [0.25, 0.3) is 21.7 Å². The van der Waals surface area contributed by atoms with Gasteiger partial charge in [0, 0.05) is 67.2 Å². The summed E-state index contributed by atoms with van der Waals surface area (Å²) in [4.78, 5) is 18.2. The molecule has 2 saturated heterocycles. The molecule has 2 bridgehead atoms. The van der Waals surface area contributed by atoms with E-state index in [0.29, 0.717) is 36.1 Å². The number of carbonyl (C=O) groups excluding carboxylic acids is 1. The smallest absolute Gasteiger partial charge is 0.272 e. The second-order valence-electron chi connectivity index (χ2n) is 11.9. The van der Waals surface area contributed by atoms with E-state index in [1.54, 1.807) is 12.1 Å². The van der Waals surface area contributed by atoms with Crippen LogP contribution in [0.4, 0.5) is 5.69 Å². The summed E-state index contributed by atoms with van der Waals surface area (Å²) in [7, 11) is 2.38. The van der Waals surface area contributed by atoms with Gasteiger partial charge in [0.15, 0.2) is 5.69 Å². The summed E-state index contributed by atoms with van der Waals surface area (Å²) in [6, 6.07) is 20.0. The van der Waals surface area contributed by atoms with Crippen molar-refractivity contribution >= 4 is 43.3 Å². The summed E-state index contributed by atoms with van der Waals surface area (Å²) in [5.74, 6) is -0.133. The number of para-hydroxylation sites is 1. The number of nitrogens with one attached hydrogen (secondary N) is 2. The van der Waals surface area contributed by atoms with Crippen LogP contribution < -0.4 is 14.9 Å². The number of anilines is 1. The maximum Gasteiger partial charge on any atom is 0.272 e. The molecule has 2 atom stereocenters. The lowest BCUT2D eigenvalue weighted by Crippen LogP contribution is -2.55. The Morgan fingerprint density at radius 3 is 2.40 bits per heavy atom. The molecule has 9 nitrogen and oxygen atoms in total. The highest BCUT2D eigenvalue weighted by Crippen LogP contribution is 2.33. The number of piperidine rings is 2. The van der Waals surface area contributed by atoms with Gasteiger partial charge in [-0.3, -0.25) is 9.48 Å². The predicted molar refractivity (Wildman–Crippen MR) is 167 cm³/mol. The molecule has 0 saturated carbocycles. The maximum absolute atomic E-state index is 13.4. The Kier molecular flexibility index (Phi) is 7.95. The fourth-order valence-electron chi connectivity index (χ4n) is 6.85. The molecule has 222 valence electrons. The lowest BCUT2D eigenvalue weighted by Gasteiger charge is -2.47. The molecular weight excluding hydrogens is 548 g/mol. The van der Waals surface area contributed by atoms with Gasteiger partial charge in [0.2, 0.25) is 10.0 Å². The van der Waals surface area contributed by atoms with E-state index in [1.165, 1.54) is 19.3 Å². The monoisotopic (exact) mass is 588 g/mol. The zero-order valence-electron chi connectivity index (χ0n) is 24.6. The van der Waals surface area contributed by atoms with Crippen LogP contribution in [0.3, 0.4) is 0 Å². The van der Waals surface area contributed by atoms with Crippen molar-refractivity contribution in [3.8, 4) is 0 Å². The molecule has 0 radical (unpaired) electrons. The number of sulfonamides is 1. The molecule has 2 aliphatic heterocycles. The van der Waals surface area contributed by atoms with Crippen LogP contribution >= 0.6 is 0 Å². The highest BCUT2D eigenvalue weighted by Gasteiger charge is 2.37. The highest BCUT2D eigenvalue weighted by atomic mass is 32.2. The second-order valence-corrected chi connectivity index (χ2v) is 13.6. The van der Waals surface area contributed by atoms with Crippen molar-refractivity contribution in [2.45, 2.75) is 68.1 Å². The van der Waals surface area contributed by atoms with Crippen molar-refractivity contribution in [2.75, 3.05) is 32.6 Å². The van der Waals surface area contributed by atoms with Crippen LogP contribution in [0.2, 0.25) is 0 Å². The maximum atomic E-state index is 13.4. The second kappa shape index (κ2) is 11.7. The fourth-order valence-corrected chi connectivity index (χ4v) is 8.15. The van der Waals surface area contributed by atoms with Crippen LogP contribution in [0.1, 0.15) is 49.0 Å². The first-order valence-electron chi connectivity index (χ1n) is 14.9. The Hall–Kier alpha value is -3.47. The molecule has 3 heterocycles. The summed E-state index contributed by atoms with van der Waals surface area (Å²) in [6.07, 6.45) is 6.13. The molecule has 1 amide bonds. The normalized spacial score (nSPS) is 21.1. The Balaban J connectivity index is 1.13. The van der Waals surface area contributed by atoms with Gasteiger partial charge in [0.1, 0.15) is 0 Å². The molecule has 2 N–H and O–H groups in total. The van der Waals surface area contributed by atoms with Crippen molar-refractivity contribution < 1.29 is 13.2 Å². The molecular formula is C32H40N6O3S. The van der Waals surface area contributed by atoms with Crippen molar-refractivity contribution in [1.82, 2.24) is 24.7 Å². The molecule has 2 aliphatic rings. The lowest BCUT2D eigenvalue weighted by molar-refractivity contribution is 0.0462. The number of aromatic nitrogens is 2. The van der Waals surface area contributed by atoms with E-state index >= 15 is 0 Å². The van der Waals surface area contributed by atoms with E-state index < -0.39 is 10.0 Å². The molecule has 3 aromatic carbocycles. The van der Waals surface area contributed by atoms with Gasteiger partial charge in [0.25, 0.3) is 5.91 Å². The van der Waals surface area contributed by atoms with Crippen LogP contribution in [0.15, 0.2) is 65.6 Å². The zero-order valence-corrected chi connectivity index (χ0v) is 25.4. The van der Waals surface area contributed by atoms with Gasteiger partial charge in [-0.1, -0.05) is 48.9 Å². The number of carbonyl (C=O) groups is 1. The van der Waals surface area contributed by atoms with Crippen molar-refractivity contribution in [3.63, 3.8) is 0 Å². The Morgan fingerprint density at radius 2 is 1.64 bits per heavy atom. The number of hydrogen-bond acceptors (Lipinski definition) is 6. The van der Waals surface area contributed by atoms with E-state index in [9.17, 15) is 13.2 Å². The molecule has 42 heavy (non-hydrogen) atoms. The Bertz CT molecular complexity index is 1700. The van der Waals surface area contributed by atoms with E-state index in [0.717, 1.165) is 34.8 Å². The fraction of sp³-hybridized carbons (Fsp3) is 0.438. The zero-order chi connectivity index (χ0) is 29.4. The van der Waals surface area contributed by atoms with E-state index in [4.69, 9.17) is 5.10 Å². The number of amides is 1. The minimum atomic E-state index is -3.73. The largest absolute Gasteiger partial charge is 0.377 e. The summed E-state index contributed by atoms with van der Waals surface area (Å²) < 4.78 is 31.2. The van der Waals surface area contributed by atoms with E-state index in [-0.39, 0.29) is 23.4 Å². The number of nitrogens with zero attached hydrogens (tertiary/aromatic N) is 4. The molecule has 10 heteroatoms. The lowest BCUT2D eigenvalue weighted by atomic mass is 9.82. The third kappa shape index (κ3) is 5.50. The van der Waals surface area contributed by atoms with Gasteiger partial charge in [0.05, 0.1) is 10.4 Å². The van der Waals surface area contributed by atoms with Crippen molar-refractivity contribution in [1.29, 1.82) is 0 Å². The molecule has 1 aromatic heterocycles. The number of rotatable bonds is 9.